The molecule has 1 aliphatic rings. The van der Waals surface area contributed by atoms with Crippen molar-refractivity contribution in [3.05, 3.63) is 47.5 Å². The number of carbonyl (C=O) groups is 1. The maximum absolute atomic E-state index is 13.5. The fraction of sp³-hybridized carbons (Fsp3) is 0.421. The highest BCUT2D eigenvalue weighted by atomic mass is 32.2. The van der Waals surface area contributed by atoms with Crippen LogP contribution in [-0.4, -0.2) is 59.7 Å². The molecule has 1 amide bonds. The van der Waals surface area contributed by atoms with Crippen molar-refractivity contribution in [3.63, 3.8) is 0 Å². The fourth-order valence-corrected chi connectivity index (χ4v) is 4.95. The van der Waals surface area contributed by atoms with E-state index in [-0.39, 0.29) is 22.8 Å². The minimum absolute atomic E-state index is 0.0770. The van der Waals surface area contributed by atoms with Crippen LogP contribution in [0, 0.1) is 12.7 Å². The van der Waals surface area contributed by atoms with E-state index in [1.807, 2.05) is 0 Å². The van der Waals surface area contributed by atoms with E-state index >= 15 is 0 Å². The summed E-state index contributed by atoms with van der Waals surface area (Å²) in [7, 11) is -2.32. The third kappa shape index (κ3) is 4.54. The molecule has 0 bridgehead atoms. The molecular formula is C19H24FN5O3S. The van der Waals surface area contributed by atoms with Gasteiger partial charge in [-0.3, -0.25) is 4.79 Å². The Hall–Kier alpha value is -2.59. The Labute approximate surface area is 169 Å². The zero-order valence-electron chi connectivity index (χ0n) is 16.4. The molecule has 2 heterocycles. The Kier molecular flexibility index (Phi) is 6.13. The number of sulfonamides is 1. The SMILES string of the molecule is Cc1nc(N)ncc1C(=O)N1CCC[C@@H](N(C)S(=O)(=O)c2cccc(F)c2)CC1. The van der Waals surface area contributed by atoms with Gasteiger partial charge in [0.15, 0.2) is 0 Å². The van der Waals surface area contributed by atoms with Gasteiger partial charge in [-0.15, -0.1) is 0 Å². The van der Waals surface area contributed by atoms with E-state index in [9.17, 15) is 17.6 Å². The predicted octanol–water partition coefficient (Wildman–Crippen LogP) is 1.82. The van der Waals surface area contributed by atoms with E-state index in [2.05, 4.69) is 9.97 Å². The molecule has 2 aromatic rings. The molecule has 8 nitrogen and oxygen atoms in total. The highest BCUT2D eigenvalue weighted by molar-refractivity contribution is 7.89. The van der Waals surface area contributed by atoms with E-state index in [1.54, 1.807) is 11.8 Å². The summed E-state index contributed by atoms with van der Waals surface area (Å²) in [5.74, 6) is -0.684. The molecule has 29 heavy (non-hydrogen) atoms. The van der Waals surface area contributed by atoms with Crippen molar-refractivity contribution in [1.29, 1.82) is 0 Å². The molecule has 1 atom stereocenters. The van der Waals surface area contributed by atoms with Gasteiger partial charge in [0.25, 0.3) is 5.91 Å². The monoisotopic (exact) mass is 421 g/mol. The molecule has 10 heteroatoms. The molecule has 1 saturated heterocycles. The highest BCUT2D eigenvalue weighted by Crippen LogP contribution is 2.24. The number of nitrogen functional groups attached to an aromatic ring is 1. The summed E-state index contributed by atoms with van der Waals surface area (Å²) in [5, 5.41) is 0. The first kappa shape index (κ1) is 21.1. The first-order valence-corrected chi connectivity index (χ1v) is 10.8. The van der Waals surface area contributed by atoms with Crippen LogP contribution in [0.2, 0.25) is 0 Å². The number of anilines is 1. The third-order valence-corrected chi connectivity index (χ3v) is 7.11. The third-order valence-electron chi connectivity index (χ3n) is 5.20. The molecule has 156 valence electrons. The molecule has 0 spiro atoms. The maximum atomic E-state index is 13.5. The summed E-state index contributed by atoms with van der Waals surface area (Å²) >= 11 is 0. The van der Waals surface area contributed by atoms with Crippen molar-refractivity contribution < 1.29 is 17.6 Å². The van der Waals surface area contributed by atoms with Crippen molar-refractivity contribution in [1.82, 2.24) is 19.2 Å². The number of carbonyl (C=O) groups excluding carboxylic acids is 1. The minimum Gasteiger partial charge on any atom is -0.368 e. The Morgan fingerprint density at radius 3 is 2.76 bits per heavy atom. The number of halogens is 1. The smallest absolute Gasteiger partial charge is 0.257 e. The van der Waals surface area contributed by atoms with Crippen LogP contribution in [0.3, 0.4) is 0 Å². The first-order chi connectivity index (χ1) is 13.7. The Morgan fingerprint density at radius 1 is 1.31 bits per heavy atom. The number of rotatable bonds is 4. The molecule has 3 rings (SSSR count). The van der Waals surface area contributed by atoms with Gasteiger partial charge in [-0.1, -0.05) is 6.07 Å². The lowest BCUT2D eigenvalue weighted by molar-refractivity contribution is 0.0758. The lowest BCUT2D eigenvalue weighted by Gasteiger charge is -2.27. The van der Waals surface area contributed by atoms with Crippen LogP contribution in [0.1, 0.15) is 35.3 Å². The van der Waals surface area contributed by atoms with E-state index in [0.717, 1.165) is 6.07 Å². The summed E-state index contributed by atoms with van der Waals surface area (Å²) in [6.45, 7) is 2.61. The van der Waals surface area contributed by atoms with Gasteiger partial charge in [-0.05, 0) is 44.4 Å². The summed E-state index contributed by atoms with van der Waals surface area (Å²) in [6, 6.07) is 4.69. The Bertz CT molecular complexity index is 1010. The predicted molar refractivity (Wildman–Crippen MR) is 106 cm³/mol. The normalized spacial score (nSPS) is 17.9. The number of amides is 1. The quantitative estimate of drug-likeness (QED) is 0.807. The van der Waals surface area contributed by atoms with Crippen molar-refractivity contribution >= 4 is 21.9 Å². The second-order valence-corrected chi connectivity index (χ2v) is 9.08. The molecule has 0 unspecified atom stereocenters. The standard InChI is InChI=1S/C19H24FN5O3S/c1-13-17(12-22-19(21)23-13)18(26)25-9-4-6-15(8-10-25)24(2)29(27,28)16-7-3-5-14(20)11-16/h3,5,7,11-12,15H,4,6,8-10H2,1-2H3,(H2,21,22,23)/t15-/m1/s1. The number of hydrogen-bond acceptors (Lipinski definition) is 6. The second-order valence-electron chi connectivity index (χ2n) is 7.08. The zero-order valence-corrected chi connectivity index (χ0v) is 17.2. The van der Waals surface area contributed by atoms with Crippen molar-refractivity contribution in [2.75, 3.05) is 25.9 Å². The summed E-state index contributed by atoms with van der Waals surface area (Å²) in [4.78, 5) is 22.4. The molecule has 0 saturated carbocycles. The molecule has 1 aliphatic heterocycles. The van der Waals surface area contributed by atoms with Gasteiger partial charge in [-0.25, -0.2) is 22.8 Å². The Morgan fingerprint density at radius 2 is 2.07 bits per heavy atom. The lowest BCUT2D eigenvalue weighted by atomic mass is 10.1. The van der Waals surface area contributed by atoms with Gasteiger partial charge in [0.2, 0.25) is 16.0 Å². The molecule has 0 aliphatic carbocycles. The van der Waals surface area contributed by atoms with Crippen molar-refractivity contribution in [2.24, 2.45) is 0 Å². The number of likely N-dealkylation sites (tertiary alicyclic amines) is 1. The topological polar surface area (TPSA) is 109 Å². The van der Waals surface area contributed by atoms with Gasteiger partial charge in [0.1, 0.15) is 5.82 Å². The number of benzene rings is 1. The van der Waals surface area contributed by atoms with E-state index in [1.165, 1.54) is 35.7 Å². The van der Waals surface area contributed by atoms with Crippen LogP contribution in [0.25, 0.3) is 0 Å². The molecule has 1 fully saturated rings. The Balaban J connectivity index is 1.73. The molecular weight excluding hydrogens is 397 g/mol. The number of aromatic nitrogens is 2. The minimum atomic E-state index is -3.82. The molecule has 1 aromatic heterocycles. The van der Waals surface area contributed by atoms with E-state index < -0.39 is 15.8 Å². The summed E-state index contributed by atoms with van der Waals surface area (Å²) in [5.41, 5.74) is 6.44. The fourth-order valence-electron chi connectivity index (χ4n) is 3.50. The van der Waals surface area contributed by atoms with Gasteiger partial charge >= 0.3 is 0 Å². The van der Waals surface area contributed by atoms with Crippen LogP contribution in [-0.2, 0) is 10.0 Å². The molecule has 2 N–H and O–H groups in total. The molecule has 0 radical (unpaired) electrons. The van der Waals surface area contributed by atoms with Crippen LogP contribution < -0.4 is 5.73 Å². The van der Waals surface area contributed by atoms with Gasteiger partial charge in [0, 0.05) is 32.4 Å². The maximum Gasteiger partial charge on any atom is 0.257 e. The zero-order chi connectivity index (χ0) is 21.2. The van der Waals surface area contributed by atoms with Crippen molar-refractivity contribution in [3.8, 4) is 0 Å². The van der Waals surface area contributed by atoms with E-state index in [4.69, 9.17) is 5.73 Å². The largest absolute Gasteiger partial charge is 0.368 e. The van der Waals surface area contributed by atoms with Gasteiger partial charge in [0.05, 0.1) is 16.2 Å². The lowest BCUT2D eigenvalue weighted by Crippen LogP contribution is -2.38. The number of nitrogens with zero attached hydrogens (tertiary/aromatic N) is 4. The summed E-state index contributed by atoms with van der Waals surface area (Å²) in [6.07, 6.45) is 3.15. The summed E-state index contributed by atoms with van der Waals surface area (Å²) < 4.78 is 40.5. The van der Waals surface area contributed by atoms with Crippen LogP contribution in [0.4, 0.5) is 10.3 Å². The van der Waals surface area contributed by atoms with Gasteiger partial charge in [-0.2, -0.15) is 4.31 Å². The van der Waals surface area contributed by atoms with Gasteiger partial charge < -0.3 is 10.6 Å². The molecule has 1 aromatic carbocycles. The van der Waals surface area contributed by atoms with Crippen molar-refractivity contribution in [2.45, 2.75) is 37.1 Å². The number of aryl methyl sites for hydroxylation is 1. The van der Waals surface area contributed by atoms with Crippen LogP contribution in [0.15, 0.2) is 35.4 Å². The highest BCUT2D eigenvalue weighted by Gasteiger charge is 2.31. The average Bonchev–Trinajstić information content (AvgIpc) is 2.93. The second kappa shape index (κ2) is 8.42. The number of hydrogen-bond donors (Lipinski definition) is 1. The average molecular weight is 421 g/mol. The first-order valence-electron chi connectivity index (χ1n) is 9.32. The number of nitrogens with two attached hydrogens (primary N) is 1. The van der Waals surface area contributed by atoms with E-state index in [0.29, 0.717) is 43.6 Å². The van der Waals surface area contributed by atoms with Crippen LogP contribution >= 0.6 is 0 Å². The van der Waals surface area contributed by atoms with Crippen LogP contribution in [0.5, 0.6) is 0 Å².